The maximum absolute atomic E-state index is 13.6. The van der Waals surface area contributed by atoms with Crippen LogP contribution in [0.4, 0.5) is 24.5 Å². The van der Waals surface area contributed by atoms with Crippen molar-refractivity contribution in [2.24, 2.45) is 0 Å². The maximum Gasteiger partial charge on any atom is 0.274 e. The standard InChI is InChI=1S/C16H14F3N3O2/c17-11-1-2-12(15(19)14(11)18)21-16(23)13-9-10(3-4-20-13)22-5-7-24-8-6-22/h1-4,9H,5-8H2,(H,21,23). The summed E-state index contributed by atoms with van der Waals surface area (Å²) in [6, 6.07) is 5.00. The highest BCUT2D eigenvalue weighted by Gasteiger charge is 2.18. The van der Waals surface area contributed by atoms with Crippen LogP contribution in [0.25, 0.3) is 0 Å². The molecule has 24 heavy (non-hydrogen) atoms. The molecule has 0 saturated carbocycles. The van der Waals surface area contributed by atoms with Crippen LogP contribution in [-0.2, 0) is 4.74 Å². The third kappa shape index (κ3) is 3.33. The van der Waals surface area contributed by atoms with Gasteiger partial charge in [0.15, 0.2) is 17.5 Å². The Morgan fingerprint density at radius 3 is 2.62 bits per heavy atom. The highest BCUT2D eigenvalue weighted by molar-refractivity contribution is 6.03. The average molecular weight is 337 g/mol. The fourth-order valence-corrected chi connectivity index (χ4v) is 2.37. The smallest absolute Gasteiger partial charge is 0.274 e. The first-order valence-electron chi connectivity index (χ1n) is 7.30. The van der Waals surface area contributed by atoms with Gasteiger partial charge in [-0.2, -0.15) is 0 Å². The molecule has 8 heteroatoms. The number of aromatic nitrogens is 1. The molecule has 1 aliphatic heterocycles. The van der Waals surface area contributed by atoms with Crippen molar-refractivity contribution in [3.05, 3.63) is 53.6 Å². The highest BCUT2D eigenvalue weighted by Crippen LogP contribution is 2.21. The van der Waals surface area contributed by atoms with E-state index < -0.39 is 29.0 Å². The zero-order valence-electron chi connectivity index (χ0n) is 12.6. The summed E-state index contributed by atoms with van der Waals surface area (Å²) in [5.74, 6) is -5.12. The lowest BCUT2D eigenvalue weighted by molar-refractivity contribution is 0.102. The number of morpholine rings is 1. The van der Waals surface area contributed by atoms with E-state index in [2.05, 4.69) is 10.3 Å². The third-order valence-corrected chi connectivity index (χ3v) is 3.64. The number of amides is 1. The van der Waals surface area contributed by atoms with E-state index >= 15 is 0 Å². The number of ether oxygens (including phenoxy) is 1. The summed E-state index contributed by atoms with van der Waals surface area (Å²) in [5, 5.41) is 2.20. The Kier molecular flexibility index (Phi) is 4.66. The lowest BCUT2D eigenvalue weighted by Gasteiger charge is -2.28. The topological polar surface area (TPSA) is 54.5 Å². The SMILES string of the molecule is O=C(Nc1ccc(F)c(F)c1F)c1cc(N2CCOCC2)ccn1. The molecule has 1 aliphatic rings. The number of pyridine rings is 1. The number of rotatable bonds is 3. The molecule has 1 amide bonds. The molecule has 2 aromatic rings. The Balaban J connectivity index is 1.79. The number of hydrogen-bond acceptors (Lipinski definition) is 4. The Hall–Kier alpha value is -2.61. The largest absolute Gasteiger partial charge is 0.378 e. The molecule has 0 bridgehead atoms. The summed E-state index contributed by atoms with van der Waals surface area (Å²) in [4.78, 5) is 18.2. The van der Waals surface area contributed by atoms with Gasteiger partial charge in [-0.3, -0.25) is 9.78 Å². The van der Waals surface area contributed by atoms with Crippen molar-refractivity contribution in [3.8, 4) is 0 Å². The Labute approximate surface area is 136 Å². The van der Waals surface area contributed by atoms with Crippen molar-refractivity contribution < 1.29 is 22.7 Å². The predicted octanol–water partition coefficient (Wildman–Crippen LogP) is 2.59. The van der Waals surface area contributed by atoms with Gasteiger partial charge in [0.25, 0.3) is 5.91 Å². The molecule has 1 N–H and O–H groups in total. The molecule has 1 saturated heterocycles. The minimum Gasteiger partial charge on any atom is -0.378 e. The first-order chi connectivity index (χ1) is 11.6. The second-order valence-corrected chi connectivity index (χ2v) is 5.18. The van der Waals surface area contributed by atoms with E-state index in [0.717, 1.165) is 17.8 Å². The van der Waals surface area contributed by atoms with Crippen LogP contribution in [-0.4, -0.2) is 37.2 Å². The first-order valence-corrected chi connectivity index (χ1v) is 7.30. The number of benzene rings is 1. The van der Waals surface area contributed by atoms with Crippen molar-refractivity contribution >= 4 is 17.3 Å². The molecule has 0 radical (unpaired) electrons. The molecule has 2 heterocycles. The molecular formula is C16H14F3N3O2. The minimum atomic E-state index is -1.64. The molecule has 0 atom stereocenters. The second kappa shape index (κ2) is 6.88. The Morgan fingerprint density at radius 1 is 1.12 bits per heavy atom. The van der Waals surface area contributed by atoms with Crippen LogP contribution in [0.2, 0.25) is 0 Å². The van der Waals surface area contributed by atoms with Crippen LogP contribution in [0, 0.1) is 17.5 Å². The van der Waals surface area contributed by atoms with E-state index in [0.29, 0.717) is 26.3 Å². The van der Waals surface area contributed by atoms with Crippen molar-refractivity contribution in [1.29, 1.82) is 0 Å². The van der Waals surface area contributed by atoms with E-state index in [1.165, 1.54) is 6.20 Å². The normalized spacial score (nSPS) is 14.5. The van der Waals surface area contributed by atoms with E-state index in [-0.39, 0.29) is 5.69 Å². The zero-order chi connectivity index (χ0) is 17.1. The van der Waals surface area contributed by atoms with Crippen LogP contribution < -0.4 is 10.2 Å². The number of nitrogens with zero attached hydrogens (tertiary/aromatic N) is 2. The summed E-state index contributed by atoms with van der Waals surface area (Å²) in [6.45, 7) is 2.54. The summed E-state index contributed by atoms with van der Waals surface area (Å²) >= 11 is 0. The van der Waals surface area contributed by atoms with E-state index in [1.54, 1.807) is 12.1 Å². The van der Waals surface area contributed by atoms with Crippen molar-refractivity contribution in [3.63, 3.8) is 0 Å². The quantitative estimate of drug-likeness (QED) is 0.875. The van der Waals surface area contributed by atoms with Gasteiger partial charge in [-0.1, -0.05) is 0 Å². The number of hydrogen-bond donors (Lipinski definition) is 1. The fourth-order valence-electron chi connectivity index (χ4n) is 2.37. The van der Waals surface area contributed by atoms with Gasteiger partial charge < -0.3 is 15.0 Å². The zero-order valence-corrected chi connectivity index (χ0v) is 12.6. The minimum absolute atomic E-state index is 0.0446. The van der Waals surface area contributed by atoms with E-state index in [1.807, 2.05) is 4.90 Å². The molecule has 5 nitrogen and oxygen atoms in total. The highest BCUT2D eigenvalue weighted by atomic mass is 19.2. The maximum atomic E-state index is 13.6. The molecule has 1 aromatic carbocycles. The van der Waals surface area contributed by atoms with Crippen molar-refractivity contribution in [2.45, 2.75) is 0 Å². The van der Waals surface area contributed by atoms with Gasteiger partial charge in [0.2, 0.25) is 0 Å². The van der Waals surface area contributed by atoms with E-state index in [4.69, 9.17) is 4.74 Å². The fraction of sp³-hybridized carbons (Fsp3) is 0.250. The number of carbonyl (C=O) groups excluding carboxylic acids is 1. The number of nitrogens with one attached hydrogen (secondary N) is 1. The lowest BCUT2D eigenvalue weighted by Crippen LogP contribution is -2.36. The molecule has 126 valence electrons. The monoisotopic (exact) mass is 337 g/mol. The van der Waals surface area contributed by atoms with Gasteiger partial charge in [-0.05, 0) is 24.3 Å². The number of halogens is 3. The molecular weight excluding hydrogens is 323 g/mol. The number of carbonyl (C=O) groups is 1. The van der Waals surface area contributed by atoms with Crippen LogP contribution in [0.3, 0.4) is 0 Å². The first kappa shape index (κ1) is 16.3. The molecule has 1 fully saturated rings. The van der Waals surface area contributed by atoms with Crippen LogP contribution in [0.1, 0.15) is 10.5 Å². The van der Waals surface area contributed by atoms with Crippen molar-refractivity contribution in [1.82, 2.24) is 4.98 Å². The van der Waals surface area contributed by atoms with Gasteiger partial charge in [0.05, 0.1) is 18.9 Å². The third-order valence-electron chi connectivity index (χ3n) is 3.64. The van der Waals surface area contributed by atoms with E-state index in [9.17, 15) is 18.0 Å². The molecule has 0 unspecified atom stereocenters. The number of anilines is 2. The Bertz CT molecular complexity index is 764. The van der Waals surface area contributed by atoms with Gasteiger partial charge in [-0.15, -0.1) is 0 Å². The summed E-state index contributed by atoms with van der Waals surface area (Å²) in [5.41, 5.74) is 0.379. The lowest BCUT2D eigenvalue weighted by atomic mass is 10.2. The molecule has 0 spiro atoms. The Morgan fingerprint density at radius 2 is 1.88 bits per heavy atom. The summed E-state index contributed by atoms with van der Waals surface area (Å²) < 4.78 is 45.0. The molecule has 1 aromatic heterocycles. The second-order valence-electron chi connectivity index (χ2n) is 5.18. The van der Waals surface area contributed by atoms with Crippen molar-refractivity contribution in [2.75, 3.05) is 36.5 Å². The van der Waals surface area contributed by atoms with Crippen LogP contribution in [0.5, 0.6) is 0 Å². The van der Waals surface area contributed by atoms with Gasteiger partial charge in [0.1, 0.15) is 5.69 Å². The predicted molar refractivity (Wildman–Crippen MR) is 81.5 cm³/mol. The van der Waals surface area contributed by atoms with Gasteiger partial charge in [-0.25, -0.2) is 13.2 Å². The van der Waals surface area contributed by atoms with Crippen LogP contribution >= 0.6 is 0 Å². The summed E-state index contributed by atoms with van der Waals surface area (Å²) in [6.07, 6.45) is 1.46. The van der Waals surface area contributed by atoms with Gasteiger partial charge >= 0.3 is 0 Å². The summed E-state index contributed by atoms with van der Waals surface area (Å²) in [7, 11) is 0. The molecule has 0 aliphatic carbocycles. The molecule has 3 rings (SSSR count). The van der Waals surface area contributed by atoms with Gasteiger partial charge in [0, 0.05) is 25.0 Å². The van der Waals surface area contributed by atoms with Crippen LogP contribution in [0.15, 0.2) is 30.5 Å². The average Bonchev–Trinajstić information content (AvgIpc) is 2.63.